The Balaban J connectivity index is 1.99. The fourth-order valence-electron chi connectivity index (χ4n) is 1.93. The number of rotatable bonds is 6. The van der Waals surface area contributed by atoms with Crippen LogP contribution in [0.1, 0.15) is 31.9 Å². The van der Waals surface area contributed by atoms with Crippen molar-refractivity contribution in [2.24, 2.45) is 11.7 Å². The van der Waals surface area contributed by atoms with E-state index in [1.54, 1.807) is 6.33 Å². The normalized spacial score (nSPS) is 17.1. The largest absolute Gasteiger partial charge is 0.366 e. The topological polar surface area (TPSA) is 63.8 Å². The molecular formula is C12H20N4. The maximum absolute atomic E-state index is 5.75. The van der Waals surface area contributed by atoms with Crippen LogP contribution in [0.25, 0.3) is 0 Å². The molecule has 0 saturated heterocycles. The van der Waals surface area contributed by atoms with Gasteiger partial charge in [-0.25, -0.2) is 9.97 Å². The summed E-state index contributed by atoms with van der Waals surface area (Å²) in [7, 11) is 0. The van der Waals surface area contributed by atoms with Gasteiger partial charge in [0.15, 0.2) is 0 Å². The first-order chi connectivity index (χ1) is 7.83. The summed E-state index contributed by atoms with van der Waals surface area (Å²) < 4.78 is 0. The van der Waals surface area contributed by atoms with Crippen LogP contribution in [-0.2, 0) is 6.42 Å². The van der Waals surface area contributed by atoms with Gasteiger partial charge in [0.1, 0.15) is 12.1 Å². The molecule has 0 aliphatic heterocycles. The maximum atomic E-state index is 5.75. The highest BCUT2D eigenvalue weighted by Gasteiger charge is 2.30. The predicted octanol–water partition coefficient (Wildman–Crippen LogP) is 1.58. The lowest BCUT2D eigenvalue weighted by Gasteiger charge is -2.16. The quantitative estimate of drug-likeness (QED) is 0.764. The van der Waals surface area contributed by atoms with Crippen LogP contribution < -0.4 is 11.1 Å². The van der Waals surface area contributed by atoms with Gasteiger partial charge in [0.05, 0.1) is 0 Å². The number of nitrogens with one attached hydrogen (secondary N) is 1. The summed E-state index contributed by atoms with van der Waals surface area (Å²) in [6, 6.07) is 2.42. The van der Waals surface area contributed by atoms with Crippen molar-refractivity contribution in [2.45, 2.75) is 38.6 Å². The van der Waals surface area contributed by atoms with Crippen LogP contribution in [0.3, 0.4) is 0 Å². The van der Waals surface area contributed by atoms with Crippen LogP contribution in [0.2, 0.25) is 0 Å². The zero-order chi connectivity index (χ0) is 11.4. The number of aryl methyl sites for hydroxylation is 1. The van der Waals surface area contributed by atoms with E-state index in [0.29, 0.717) is 12.6 Å². The summed E-state index contributed by atoms with van der Waals surface area (Å²) in [6.45, 7) is 2.83. The Morgan fingerprint density at radius 1 is 1.50 bits per heavy atom. The number of nitrogens with two attached hydrogens (primary N) is 1. The summed E-state index contributed by atoms with van der Waals surface area (Å²) in [6.07, 6.45) is 6.34. The third-order valence-electron chi connectivity index (χ3n) is 3.01. The molecule has 0 spiro atoms. The summed E-state index contributed by atoms with van der Waals surface area (Å²) in [4.78, 5) is 8.48. The molecule has 1 unspecified atom stereocenters. The van der Waals surface area contributed by atoms with Crippen LogP contribution in [0, 0.1) is 5.92 Å². The molecule has 3 N–H and O–H groups in total. The number of aromatic nitrogens is 2. The van der Waals surface area contributed by atoms with E-state index in [9.17, 15) is 0 Å². The monoisotopic (exact) mass is 220 g/mol. The number of anilines is 1. The maximum Gasteiger partial charge on any atom is 0.129 e. The Morgan fingerprint density at radius 3 is 2.94 bits per heavy atom. The Bertz CT molecular complexity index is 336. The van der Waals surface area contributed by atoms with Crippen LogP contribution in [-0.4, -0.2) is 22.6 Å². The summed E-state index contributed by atoms with van der Waals surface area (Å²) >= 11 is 0. The smallest absolute Gasteiger partial charge is 0.129 e. The molecule has 1 fully saturated rings. The number of nitrogens with zero attached hydrogens (tertiary/aromatic N) is 2. The average molecular weight is 220 g/mol. The number of hydrogen-bond donors (Lipinski definition) is 2. The Morgan fingerprint density at radius 2 is 2.31 bits per heavy atom. The highest BCUT2D eigenvalue weighted by molar-refractivity contribution is 5.36. The average Bonchev–Trinajstić information content (AvgIpc) is 3.11. The Hall–Kier alpha value is -1.16. The van der Waals surface area contributed by atoms with Gasteiger partial charge < -0.3 is 11.1 Å². The molecule has 4 heteroatoms. The molecule has 16 heavy (non-hydrogen) atoms. The van der Waals surface area contributed by atoms with Gasteiger partial charge in [0.25, 0.3) is 0 Å². The zero-order valence-corrected chi connectivity index (χ0v) is 9.82. The third-order valence-corrected chi connectivity index (χ3v) is 3.01. The van der Waals surface area contributed by atoms with Crippen molar-refractivity contribution in [3.05, 3.63) is 18.1 Å². The van der Waals surface area contributed by atoms with Crippen molar-refractivity contribution in [3.63, 3.8) is 0 Å². The molecule has 2 rings (SSSR count). The second kappa shape index (κ2) is 5.25. The molecule has 1 aliphatic rings. The van der Waals surface area contributed by atoms with Gasteiger partial charge in [-0.3, -0.25) is 0 Å². The van der Waals surface area contributed by atoms with E-state index < -0.39 is 0 Å². The minimum absolute atomic E-state index is 0.379. The van der Waals surface area contributed by atoms with Crippen molar-refractivity contribution in [1.29, 1.82) is 0 Å². The molecular weight excluding hydrogens is 200 g/mol. The zero-order valence-electron chi connectivity index (χ0n) is 9.82. The van der Waals surface area contributed by atoms with Crippen molar-refractivity contribution >= 4 is 5.82 Å². The highest BCUT2D eigenvalue weighted by Crippen LogP contribution is 2.33. The summed E-state index contributed by atoms with van der Waals surface area (Å²) in [5.41, 5.74) is 6.86. The molecule has 4 nitrogen and oxygen atoms in total. The van der Waals surface area contributed by atoms with Crippen LogP contribution in [0.5, 0.6) is 0 Å². The van der Waals surface area contributed by atoms with E-state index in [1.807, 2.05) is 6.07 Å². The first kappa shape index (κ1) is 11.3. The van der Waals surface area contributed by atoms with Gasteiger partial charge in [0.2, 0.25) is 0 Å². The molecule has 1 saturated carbocycles. The van der Waals surface area contributed by atoms with Gasteiger partial charge in [-0.05, 0) is 25.2 Å². The molecule has 1 aliphatic carbocycles. The summed E-state index contributed by atoms with van der Waals surface area (Å²) in [5, 5.41) is 3.41. The fraction of sp³-hybridized carbons (Fsp3) is 0.667. The van der Waals surface area contributed by atoms with Crippen molar-refractivity contribution in [3.8, 4) is 0 Å². The van der Waals surface area contributed by atoms with Gasteiger partial charge in [-0.1, -0.05) is 13.3 Å². The van der Waals surface area contributed by atoms with Crippen molar-refractivity contribution < 1.29 is 0 Å². The Labute approximate surface area is 96.7 Å². The molecule has 0 amide bonds. The summed E-state index contributed by atoms with van der Waals surface area (Å²) in [5.74, 6) is 1.66. The molecule has 0 radical (unpaired) electrons. The lowest BCUT2D eigenvalue weighted by Crippen LogP contribution is -2.31. The molecule has 88 valence electrons. The van der Waals surface area contributed by atoms with Crippen molar-refractivity contribution in [1.82, 2.24) is 9.97 Å². The first-order valence-corrected chi connectivity index (χ1v) is 6.11. The van der Waals surface area contributed by atoms with Crippen LogP contribution >= 0.6 is 0 Å². The van der Waals surface area contributed by atoms with E-state index in [1.165, 1.54) is 12.8 Å². The first-order valence-electron chi connectivity index (χ1n) is 6.11. The van der Waals surface area contributed by atoms with Gasteiger partial charge in [-0.2, -0.15) is 0 Å². The molecule has 1 heterocycles. The van der Waals surface area contributed by atoms with Crippen LogP contribution in [0.4, 0.5) is 5.82 Å². The minimum Gasteiger partial charge on any atom is -0.366 e. The Kier molecular flexibility index (Phi) is 3.72. The van der Waals surface area contributed by atoms with E-state index in [2.05, 4.69) is 22.2 Å². The standard InChI is InChI=1S/C12H20N4/c1-2-3-10-6-12(15-8-14-10)16-11(7-13)9-4-5-9/h6,8-9,11H,2-5,7,13H2,1H3,(H,14,15,16). The minimum atomic E-state index is 0.379. The lowest BCUT2D eigenvalue weighted by atomic mass is 10.2. The van der Waals surface area contributed by atoms with Crippen molar-refractivity contribution in [2.75, 3.05) is 11.9 Å². The van der Waals surface area contributed by atoms with Gasteiger partial charge >= 0.3 is 0 Å². The van der Waals surface area contributed by atoms with E-state index in [4.69, 9.17) is 5.73 Å². The fourth-order valence-corrected chi connectivity index (χ4v) is 1.93. The lowest BCUT2D eigenvalue weighted by molar-refractivity contribution is 0.641. The predicted molar refractivity (Wildman–Crippen MR) is 65.2 cm³/mol. The molecule has 1 aromatic heterocycles. The van der Waals surface area contributed by atoms with Crippen LogP contribution in [0.15, 0.2) is 12.4 Å². The van der Waals surface area contributed by atoms with Gasteiger partial charge in [0, 0.05) is 24.3 Å². The molecule has 1 aromatic rings. The third kappa shape index (κ3) is 2.92. The van der Waals surface area contributed by atoms with E-state index in [-0.39, 0.29) is 0 Å². The van der Waals surface area contributed by atoms with E-state index >= 15 is 0 Å². The second-order valence-corrected chi connectivity index (χ2v) is 4.47. The van der Waals surface area contributed by atoms with E-state index in [0.717, 1.165) is 30.3 Å². The molecule has 0 aromatic carbocycles. The van der Waals surface area contributed by atoms with Gasteiger partial charge in [-0.15, -0.1) is 0 Å². The molecule has 1 atom stereocenters. The highest BCUT2D eigenvalue weighted by atomic mass is 15.1. The second-order valence-electron chi connectivity index (χ2n) is 4.47. The SMILES string of the molecule is CCCc1cc(NC(CN)C2CC2)ncn1. The molecule has 0 bridgehead atoms. The number of hydrogen-bond acceptors (Lipinski definition) is 4.